The lowest BCUT2D eigenvalue weighted by molar-refractivity contribution is -0.146. The molecule has 5 heteroatoms. The van der Waals surface area contributed by atoms with Crippen molar-refractivity contribution < 1.29 is 23.9 Å². The van der Waals surface area contributed by atoms with Crippen LogP contribution in [0.1, 0.15) is 52.4 Å². The van der Waals surface area contributed by atoms with Gasteiger partial charge in [-0.1, -0.05) is 25.0 Å². The molecule has 0 rings (SSSR count). The van der Waals surface area contributed by atoms with Crippen molar-refractivity contribution in [2.24, 2.45) is 0 Å². The van der Waals surface area contributed by atoms with Crippen molar-refractivity contribution in [2.45, 2.75) is 52.4 Å². The van der Waals surface area contributed by atoms with Crippen molar-refractivity contribution >= 4 is 17.7 Å². The van der Waals surface area contributed by atoms with Gasteiger partial charge in [0.25, 0.3) is 0 Å². The van der Waals surface area contributed by atoms with E-state index < -0.39 is 5.97 Å². The molecule has 0 saturated carbocycles. The zero-order valence-corrected chi connectivity index (χ0v) is 12.4. The van der Waals surface area contributed by atoms with Gasteiger partial charge in [0.15, 0.2) is 0 Å². The van der Waals surface area contributed by atoms with E-state index >= 15 is 0 Å². The van der Waals surface area contributed by atoms with Gasteiger partial charge in [0.05, 0.1) is 6.61 Å². The van der Waals surface area contributed by atoms with Crippen LogP contribution < -0.4 is 0 Å². The predicted molar refractivity (Wildman–Crippen MR) is 75.1 cm³/mol. The molecule has 0 aromatic rings. The van der Waals surface area contributed by atoms with Gasteiger partial charge in [-0.15, -0.1) is 0 Å². The van der Waals surface area contributed by atoms with Crippen molar-refractivity contribution in [1.82, 2.24) is 0 Å². The number of hydrogen-bond acceptors (Lipinski definition) is 5. The first-order chi connectivity index (χ1) is 9.52. The number of carbonyl (C=O) groups is 3. The van der Waals surface area contributed by atoms with E-state index in [0.29, 0.717) is 13.2 Å². The molecule has 0 aliphatic heterocycles. The highest BCUT2D eigenvalue weighted by Crippen LogP contribution is 2.04. The largest absolute Gasteiger partial charge is 0.465 e. The maximum atomic E-state index is 11.0. The maximum Gasteiger partial charge on any atom is 0.313 e. The van der Waals surface area contributed by atoms with Crippen molar-refractivity contribution in [3.05, 3.63) is 12.2 Å². The second-order valence-corrected chi connectivity index (χ2v) is 4.58. The Morgan fingerprint density at radius 2 is 1.60 bits per heavy atom. The van der Waals surface area contributed by atoms with Crippen LogP contribution in [0.15, 0.2) is 12.2 Å². The van der Waals surface area contributed by atoms with E-state index in [0.717, 1.165) is 32.1 Å². The number of ketones is 1. The minimum absolute atomic E-state index is 0.132. The number of Topliss-reactive ketones (excluding diaryl/α,β-unsaturated/α-hetero) is 1. The SMILES string of the molecule is CC(=O)CC(=O)OCCCCCC/C=C/COC(C)=O. The van der Waals surface area contributed by atoms with Gasteiger partial charge < -0.3 is 9.47 Å². The highest BCUT2D eigenvalue weighted by atomic mass is 16.5. The minimum Gasteiger partial charge on any atom is -0.465 e. The van der Waals surface area contributed by atoms with Crippen LogP contribution in [0.2, 0.25) is 0 Å². The lowest BCUT2D eigenvalue weighted by Gasteiger charge is -2.03. The molecule has 0 fully saturated rings. The van der Waals surface area contributed by atoms with Crippen LogP contribution in [0.3, 0.4) is 0 Å². The second-order valence-electron chi connectivity index (χ2n) is 4.58. The van der Waals surface area contributed by atoms with Gasteiger partial charge in [0.1, 0.15) is 18.8 Å². The monoisotopic (exact) mass is 284 g/mol. The zero-order valence-electron chi connectivity index (χ0n) is 12.4. The Kier molecular flexibility index (Phi) is 11.4. The zero-order chi connectivity index (χ0) is 15.2. The third-order valence-electron chi connectivity index (χ3n) is 2.47. The Balaban J connectivity index is 3.26. The van der Waals surface area contributed by atoms with Crippen LogP contribution in [0.5, 0.6) is 0 Å². The number of esters is 2. The van der Waals surface area contributed by atoms with Crippen LogP contribution >= 0.6 is 0 Å². The lowest BCUT2D eigenvalue weighted by atomic mass is 10.1. The van der Waals surface area contributed by atoms with E-state index in [-0.39, 0.29) is 18.2 Å². The van der Waals surface area contributed by atoms with E-state index in [2.05, 4.69) is 0 Å². The molecule has 20 heavy (non-hydrogen) atoms. The van der Waals surface area contributed by atoms with E-state index in [1.54, 1.807) is 0 Å². The Hall–Kier alpha value is -1.65. The summed E-state index contributed by atoms with van der Waals surface area (Å²) in [6.07, 6.45) is 8.57. The Labute approximate surface area is 120 Å². The first-order valence-corrected chi connectivity index (χ1v) is 6.95. The molecule has 0 amide bonds. The highest BCUT2D eigenvalue weighted by Gasteiger charge is 2.05. The summed E-state index contributed by atoms with van der Waals surface area (Å²) in [6, 6.07) is 0. The molecule has 0 aliphatic rings. The molecule has 0 heterocycles. The smallest absolute Gasteiger partial charge is 0.313 e. The van der Waals surface area contributed by atoms with Crippen LogP contribution in [0.25, 0.3) is 0 Å². The number of hydrogen-bond donors (Lipinski definition) is 0. The van der Waals surface area contributed by atoms with Crippen LogP contribution in [-0.4, -0.2) is 30.9 Å². The van der Waals surface area contributed by atoms with Crippen LogP contribution in [0.4, 0.5) is 0 Å². The number of ether oxygens (including phenoxy) is 2. The van der Waals surface area contributed by atoms with Crippen molar-refractivity contribution in [3.8, 4) is 0 Å². The summed E-state index contributed by atoms with van der Waals surface area (Å²) >= 11 is 0. The van der Waals surface area contributed by atoms with Gasteiger partial charge in [0, 0.05) is 6.92 Å². The van der Waals surface area contributed by atoms with E-state index in [1.165, 1.54) is 13.8 Å². The summed E-state index contributed by atoms with van der Waals surface area (Å²) < 4.78 is 9.67. The normalized spacial score (nSPS) is 10.5. The number of unbranched alkanes of at least 4 members (excludes halogenated alkanes) is 4. The Morgan fingerprint density at radius 1 is 0.900 bits per heavy atom. The molecule has 0 aliphatic carbocycles. The van der Waals surface area contributed by atoms with Gasteiger partial charge in [-0.3, -0.25) is 14.4 Å². The summed E-state index contributed by atoms with van der Waals surface area (Å²) in [5.74, 6) is -0.879. The molecule has 114 valence electrons. The molecule has 0 radical (unpaired) electrons. The molecule has 0 N–H and O–H groups in total. The van der Waals surface area contributed by atoms with Gasteiger partial charge in [-0.2, -0.15) is 0 Å². The topological polar surface area (TPSA) is 69.7 Å². The quantitative estimate of drug-likeness (QED) is 0.252. The minimum atomic E-state index is -0.439. The van der Waals surface area contributed by atoms with Gasteiger partial charge in [0.2, 0.25) is 0 Å². The maximum absolute atomic E-state index is 11.0. The standard InChI is InChI=1S/C15H24O5/c1-13(16)12-15(18)20-11-9-7-5-3-4-6-8-10-19-14(2)17/h6,8H,3-5,7,9-12H2,1-2H3/b8-6+. The fraction of sp³-hybridized carbons (Fsp3) is 0.667. The summed E-state index contributed by atoms with van der Waals surface area (Å²) in [5.41, 5.74) is 0. The predicted octanol–water partition coefficient (Wildman–Crippen LogP) is 2.58. The third kappa shape index (κ3) is 14.4. The molecule has 0 atom stereocenters. The molecule has 0 aromatic carbocycles. The Bertz CT molecular complexity index is 333. The van der Waals surface area contributed by atoms with Crippen LogP contribution in [-0.2, 0) is 23.9 Å². The van der Waals surface area contributed by atoms with Crippen molar-refractivity contribution in [1.29, 1.82) is 0 Å². The van der Waals surface area contributed by atoms with Gasteiger partial charge in [-0.25, -0.2) is 0 Å². The second kappa shape index (κ2) is 12.4. The highest BCUT2D eigenvalue weighted by molar-refractivity contribution is 5.94. The Morgan fingerprint density at radius 3 is 2.25 bits per heavy atom. The summed E-state index contributed by atoms with van der Waals surface area (Å²) in [7, 11) is 0. The van der Waals surface area contributed by atoms with Crippen molar-refractivity contribution in [2.75, 3.05) is 13.2 Å². The first kappa shape index (κ1) is 18.4. The van der Waals surface area contributed by atoms with Crippen molar-refractivity contribution in [3.63, 3.8) is 0 Å². The molecule has 0 saturated heterocycles. The van der Waals surface area contributed by atoms with E-state index in [9.17, 15) is 14.4 Å². The molecule has 0 bridgehead atoms. The molecule has 0 aromatic heterocycles. The summed E-state index contributed by atoms with van der Waals surface area (Å²) in [6.45, 7) is 3.48. The van der Waals surface area contributed by atoms with Crippen LogP contribution in [0, 0.1) is 0 Å². The van der Waals surface area contributed by atoms with Gasteiger partial charge >= 0.3 is 11.9 Å². The van der Waals surface area contributed by atoms with E-state index in [1.807, 2.05) is 12.2 Å². The average molecular weight is 284 g/mol. The average Bonchev–Trinajstić information content (AvgIpc) is 2.34. The molecule has 0 spiro atoms. The first-order valence-electron chi connectivity index (χ1n) is 6.95. The fourth-order valence-corrected chi connectivity index (χ4v) is 1.51. The third-order valence-corrected chi connectivity index (χ3v) is 2.47. The van der Waals surface area contributed by atoms with E-state index in [4.69, 9.17) is 9.47 Å². The molecular formula is C15H24O5. The number of carbonyl (C=O) groups excluding carboxylic acids is 3. The van der Waals surface area contributed by atoms with Gasteiger partial charge in [-0.05, 0) is 26.2 Å². The summed E-state index contributed by atoms with van der Waals surface area (Å²) in [5, 5.41) is 0. The fourth-order valence-electron chi connectivity index (χ4n) is 1.51. The number of allylic oxidation sites excluding steroid dienone is 1. The lowest BCUT2D eigenvalue weighted by Crippen LogP contribution is -2.09. The molecular weight excluding hydrogens is 260 g/mol. The molecule has 5 nitrogen and oxygen atoms in total. The summed E-state index contributed by atoms with van der Waals surface area (Å²) in [4.78, 5) is 32.2. The number of rotatable bonds is 11. The molecule has 0 unspecified atom stereocenters.